The van der Waals surface area contributed by atoms with Gasteiger partial charge in [0.15, 0.2) is 0 Å². The van der Waals surface area contributed by atoms with Crippen molar-refractivity contribution in [1.82, 2.24) is 9.80 Å². The summed E-state index contributed by atoms with van der Waals surface area (Å²) >= 11 is 1.68. The lowest BCUT2D eigenvalue weighted by Gasteiger charge is -2.37. The summed E-state index contributed by atoms with van der Waals surface area (Å²) < 4.78 is 13.5. The maximum Gasteiger partial charge on any atom is 0.243 e. The average molecular weight is 415 g/mol. The topological polar surface area (TPSA) is 40.6 Å². The minimum absolute atomic E-state index is 0.0226. The summed E-state index contributed by atoms with van der Waals surface area (Å²) in [5, 5.41) is 2.03. The molecular weight excluding hydrogens is 387 g/mol. The number of carbonyl (C=O) groups excluding carboxylic acids is 2. The Morgan fingerprint density at radius 1 is 1.31 bits per heavy atom. The zero-order valence-electron chi connectivity index (χ0n) is 16.9. The number of rotatable bonds is 7. The van der Waals surface area contributed by atoms with Gasteiger partial charge in [-0.05, 0) is 47.0 Å². The lowest BCUT2D eigenvalue weighted by Crippen LogP contribution is -2.47. The molecule has 1 aliphatic heterocycles. The zero-order chi connectivity index (χ0) is 21.0. The molecule has 2 aromatic rings. The van der Waals surface area contributed by atoms with Crippen molar-refractivity contribution in [3.63, 3.8) is 0 Å². The summed E-state index contributed by atoms with van der Waals surface area (Å²) in [5.41, 5.74) is 1.97. The summed E-state index contributed by atoms with van der Waals surface area (Å²) in [6.45, 7) is 8.64. The van der Waals surface area contributed by atoms with E-state index < -0.39 is 0 Å². The maximum atomic E-state index is 13.5. The molecule has 2 amide bonds. The highest BCUT2D eigenvalue weighted by Gasteiger charge is 2.33. The van der Waals surface area contributed by atoms with Crippen molar-refractivity contribution in [3.05, 3.63) is 70.2 Å². The first-order valence-electron chi connectivity index (χ1n) is 9.90. The van der Waals surface area contributed by atoms with E-state index in [1.165, 1.54) is 17.0 Å². The van der Waals surface area contributed by atoms with Crippen molar-refractivity contribution in [1.29, 1.82) is 0 Å². The minimum atomic E-state index is -0.301. The molecule has 1 aliphatic rings. The molecule has 2 heterocycles. The molecule has 0 saturated heterocycles. The first kappa shape index (κ1) is 21.2. The summed E-state index contributed by atoms with van der Waals surface area (Å²) in [5.74, 6) is -0.223. The fourth-order valence-electron chi connectivity index (χ4n) is 3.73. The standard InChI is InChI=1S/C23H27FN2O2S/c1-4-11-25(21(27)14-16(2)3)15-22(28)26-12-9-20-19(10-13-29-20)23(26)17-5-7-18(24)8-6-17/h4-8,10,13,16,23H,1,9,11-12,14-15H2,2-3H3/t23-/m0/s1. The number of nitrogens with zero attached hydrogens (tertiary/aromatic N) is 2. The van der Waals surface area contributed by atoms with Crippen LogP contribution < -0.4 is 0 Å². The van der Waals surface area contributed by atoms with Crippen LogP contribution >= 0.6 is 11.3 Å². The van der Waals surface area contributed by atoms with Crippen LogP contribution in [0, 0.1) is 11.7 Å². The van der Waals surface area contributed by atoms with Crippen molar-refractivity contribution in [2.45, 2.75) is 32.7 Å². The normalized spacial score (nSPS) is 15.9. The fraction of sp³-hybridized carbons (Fsp3) is 0.391. The lowest BCUT2D eigenvalue weighted by atomic mass is 9.93. The Hall–Kier alpha value is -2.47. The van der Waals surface area contributed by atoms with Gasteiger partial charge in [0.05, 0.1) is 6.04 Å². The van der Waals surface area contributed by atoms with E-state index in [1.54, 1.807) is 34.4 Å². The van der Waals surface area contributed by atoms with E-state index >= 15 is 0 Å². The van der Waals surface area contributed by atoms with Gasteiger partial charge in [0, 0.05) is 24.4 Å². The number of amides is 2. The molecule has 0 aliphatic carbocycles. The van der Waals surface area contributed by atoms with Gasteiger partial charge in [-0.15, -0.1) is 17.9 Å². The van der Waals surface area contributed by atoms with Gasteiger partial charge >= 0.3 is 0 Å². The molecular formula is C23H27FN2O2S. The first-order chi connectivity index (χ1) is 13.9. The second kappa shape index (κ2) is 9.35. The number of hydrogen-bond acceptors (Lipinski definition) is 3. The van der Waals surface area contributed by atoms with Gasteiger partial charge in [-0.1, -0.05) is 32.1 Å². The Kier molecular flexibility index (Phi) is 6.85. The van der Waals surface area contributed by atoms with Gasteiger partial charge in [-0.3, -0.25) is 9.59 Å². The number of hydrogen-bond donors (Lipinski definition) is 0. The van der Waals surface area contributed by atoms with Crippen LogP contribution in [0.4, 0.5) is 4.39 Å². The Morgan fingerprint density at radius 2 is 2.03 bits per heavy atom. The van der Waals surface area contributed by atoms with E-state index in [1.807, 2.05) is 30.2 Å². The van der Waals surface area contributed by atoms with Crippen LogP contribution in [0.25, 0.3) is 0 Å². The molecule has 0 N–H and O–H groups in total. The van der Waals surface area contributed by atoms with Gasteiger partial charge in [-0.25, -0.2) is 4.39 Å². The molecule has 0 unspecified atom stereocenters. The van der Waals surface area contributed by atoms with Crippen molar-refractivity contribution < 1.29 is 14.0 Å². The molecule has 0 radical (unpaired) electrons. The molecule has 154 valence electrons. The molecule has 29 heavy (non-hydrogen) atoms. The molecule has 1 atom stereocenters. The minimum Gasteiger partial charge on any atom is -0.330 e. The van der Waals surface area contributed by atoms with E-state index in [-0.39, 0.29) is 36.1 Å². The quantitative estimate of drug-likeness (QED) is 0.629. The van der Waals surface area contributed by atoms with Crippen LogP contribution in [0.3, 0.4) is 0 Å². The summed E-state index contributed by atoms with van der Waals surface area (Å²) in [6, 6.07) is 8.10. The van der Waals surface area contributed by atoms with E-state index in [9.17, 15) is 14.0 Å². The van der Waals surface area contributed by atoms with Crippen LogP contribution in [-0.4, -0.2) is 41.2 Å². The molecule has 0 spiro atoms. The third-order valence-corrected chi connectivity index (χ3v) is 6.08. The number of carbonyl (C=O) groups is 2. The fourth-order valence-corrected chi connectivity index (χ4v) is 4.64. The van der Waals surface area contributed by atoms with Crippen molar-refractivity contribution >= 4 is 23.2 Å². The van der Waals surface area contributed by atoms with E-state index in [0.717, 1.165) is 17.5 Å². The Morgan fingerprint density at radius 3 is 2.69 bits per heavy atom. The van der Waals surface area contributed by atoms with Crippen LogP contribution in [0.15, 0.2) is 48.4 Å². The van der Waals surface area contributed by atoms with Crippen LogP contribution in [-0.2, 0) is 16.0 Å². The second-order valence-electron chi connectivity index (χ2n) is 7.75. The largest absolute Gasteiger partial charge is 0.330 e. The molecule has 0 bridgehead atoms. The van der Waals surface area contributed by atoms with E-state index in [2.05, 4.69) is 6.58 Å². The second-order valence-corrected chi connectivity index (χ2v) is 8.75. The summed E-state index contributed by atoms with van der Waals surface area (Å²) in [6.07, 6.45) is 2.84. The lowest BCUT2D eigenvalue weighted by molar-refractivity contribution is -0.141. The maximum absolute atomic E-state index is 13.5. The van der Waals surface area contributed by atoms with Crippen LogP contribution in [0.2, 0.25) is 0 Å². The molecule has 6 heteroatoms. The van der Waals surface area contributed by atoms with Crippen molar-refractivity contribution in [2.24, 2.45) is 5.92 Å². The third kappa shape index (κ3) is 4.93. The van der Waals surface area contributed by atoms with E-state index in [0.29, 0.717) is 19.5 Å². The Bertz CT molecular complexity index is 875. The predicted octanol–water partition coefficient (Wildman–Crippen LogP) is 4.42. The number of fused-ring (bicyclic) bond motifs is 1. The van der Waals surface area contributed by atoms with Gasteiger partial charge < -0.3 is 9.80 Å². The van der Waals surface area contributed by atoms with E-state index in [4.69, 9.17) is 0 Å². The van der Waals surface area contributed by atoms with Gasteiger partial charge in [-0.2, -0.15) is 0 Å². The Balaban J connectivity index is 1.86. The summed E-state index contributed by atoms with van der Waals surface area (Å²) in [4.78, 5) is 30.5. The van der Waals surface area contributed by atoms with Crippen molar-refractivity contribution in [2.75, 3.05) is 19.6 Å². The molecule has 0 saturated carbocycles. The van der Waals surface area contributed by atoms with Crippen LogP contribution in [0.1, 0.15) is 42.3 Å². The molecule has 0 fully saturated rings. The molecule has 4 nitrogen and oxygen atoms in total. The van der Waals surface area contributed by atoms with Gasteiger partial charge in [0.2, 0.25) is 11.8 Å². The van der Waals surface area contributed by atoms with Gasteiger partial charge in [0.1, 0.15) is 12.4 Å². The third-order valence-electron chi connectivity index (χ3n) is 5.08. The zero-order valence-corrected chi connectivity index (χ0v) is 17.8. The van der Waals surface area contributed by atoms with Gasteiger partial charge in [0.25, 0.3) is 0 Å². The molecule has 1 aromatic carbocycles. The highest BCUT2D eigenvalue weighted by Crippen LogP contribution is 2.37. The molecule has 3 rings (SSSR count). The average Bonchev–Trinajstić information content (AvgIpc) is 3.16. The predicted molar refractivity (Wildman–Crippen MR) is 114 cm³/mol. The highest BCUT2D eigenvalue weighted by atomic mass is 32.1. The Labute approximate surface area is 175 Å². The smallest absolute Gasteiger partial charge is 0.243 e. The number of halogens is 1. The first-order valence-corrected chi connectivity index (χ1v) is 10.8. The highest BCUT2D eigenvalue weighted by molar-refractivity contribution is 7.10. The summed E-state index contributed by atoms with van der Waals surface area (Å²) in [7, 11) is 0. The SMILES string of the molecule is C=CCN(CC(=O)N1CCc2sccc2[C@@H]1c1ccc(F)cc1)C(=O)CC(C)C. The molecule has 1 aromatic heterocycles. The monoisotopic (exact) mass is 414 g/mol. The van der Waals surface area contributed by atoms with Crippen LogP contribution in [0.5, 0.6) is 0 Å². The van der Waals surface area contributed by atoms with Crippen molar-refractivity contribution in [3.8, 4) is 0 Å². The number of benzene rings is 1. The number of thiophene rings is 1.